The molecule has 1 aromatic carbocycles. The molecule has 0 atom stereocenters. The summed E-state index contributed by atoms with van der Waals surface area (Å²) in [5.74, 6) is -1.53. The second kappa shape index (κ2) is 7.59. The highest BCUT2D eigenvalue weighted by Crippen LogP contribution is 2.21. The van der Waals surface area contributed by atoms with E-state index in [1.165, 1.54) is 11.1 Å². The van der Waals surface area contributed by atoms with Gasteiger partial charge in [-0.15, -0.1) is 0 Å². The average molecular weight is 379 g/mol. The maximum absolute atomic E-state index is 12.6. The molecule has 0 unspecified atom stereocenters. The number of rotatable bonds is 5. The Labute approximate surface area is 162 Å². The lowest BCUT2D eigenvalue weighted by Gasteiger charge is -2.17. The van der Waals surface area contributed by atoms with Gasteiger partial charge in [0.2, 0.25) is 0 Å². The van der Waals surface area contributed by atoms with Gasteiger partial charge in [0, 0.05) is 24.8 Å². The Morgan fingerprint density at radius 1 is 1.07 bits per heavy atom. The Hall–Kier alpha value is -3.55. The predicted octanol–water partition coefficient (Wildman–Crippen LogP) is 2.56. The van der Waals surface area contributed by atoms with Crippen molar-refractivity contribution in [1.29, 1.82) is 0 Å². The summed E-state index contributed by atoms with van der Waals surface area (Å²) in [6.07, 6.45) is 2.26. The molecule has 1 N–H and O–H groups in total. The molecule has 0 spiro atoms. The van der Waals surface area contributed by atoms with E-state index in [1.54, 1.807) is 7.05 Å². The van der Waals surface area contributed by atoms with Gasteiger partial charge < -0.3 is 10.0 Å². The summed E-state index contributed by atoms with van der Waals surface area (Å²) >= 11 is 0. The molecular weight excluding hydrogens is 358 g/mol. The minimum absolute atomic E-state index is 0.0918. The number of aromatic carboxylic acids is 1. The molecule has 0 bridgehead atoms. The lowest BCUT2D eigenvalue weighted by molar-refractivity contribution is 0.0687. The Kier molecular flexibility index (Phi) is 5.21. The van der Waals surface area contributed by atoms with Gasteiger partial charge in [-0.1, -0.05) is 18.2 Å². The third-order valence-corrected chi connectivity index (χ3v) is 4.62. The van der Waals surface area contributed by atoms with Gasteiger partial charge in [0.05, 0.1) is 23.8 Å². The minimum atomic E-state index is -1.19. The quantitative estimate of drug-likeness (QED) is 0.731. The Bertz CT molecular complexity index is 1040. The fourth-order valence-electron chi connectivity index (χ4n) is 2.99. The lowest BCUT2D eigenvalue weighted by Crippen LogP contribution is -2.27. The highest BCUT2D eigenvalue weighted by Gasteiger charge is 2.20. The molecule has 1 amide bonds. The third-order valence-electron chi connectivity index (χ3n) is 4.62. The highest BCUT2D eigenvalue weighted by atomic mass is 16.4. The molecule has 0 aliphatic rings. The fraction of sp³-hybridized carbons (Fsp3) is 0.250. The van der Waals surface area contributed by atoms with Crippen molar-refractivity contribution in [3.8, 4) is 5.69 Å². The van der Waals surface area contributed by atoms with E-state index >= 15 is 0 Å². The second-order valence-electron chi connectivity index (χ2n) is 6.60. The van der Waals surface area contributed by atoms with Crippen LogP contribution in [0.5, 0.6) is 0 Å². The van der Waals surface area contributed by atoms with Crippen LogP contribution in [0.2, 0.25) is 0 Å². The standard InChI is InChI=1S/C20H21N5O3/c1-12-7-5-6-8-18(12)25-14(3)15(13(2)23-25)11-24(4)19(26)16-9-22-17(10-21-16)20(27)28/h5-10H,11H2,1-4H3,(H,27,28). The van der Waals surface area contributed by atoms with Gasteiger partial charge in [-0.2, -0.15) is 5.10 Å². The number of carbonyl (C=O) groups is 2. The second-order valence-corrected chi connectivity index (χ2v) is 6.60. The van der Waals surface area contributed by atoms with Crippen LogP contribution in [-0.4, -0.2) is 48.7 Å². The van der Waals surface area contributed by atoms with Crippen LogP contribution in [-0.2, 0) is 6.54 Å². The molecule has 0 aliphatic heterocycles. The highest BCUT2D eigenvalue weighted by molar-refractivity contribution is 5.92. The number of para-hydroxylation sites is 1. The number of hydrogen-bond donors (Lipinski definition) is 1. The zero-order valence-electron chi connectivity index (χ0n) is 16.2. The Morgan fingerprint density at radius 3 is 2.32 bits per heavy atom. The molecule has 0 saturated heterocycles. The zero-order chi connectivity index (χ0) is 20.4. The molecule has 3 rings (SSSR count). The van der Waals surface area contributed by atoms with Crippen LogP contribution in [0.15, 0.2) is 36.7 Å². The van der Waals surface area contributed by atoms with Crippen LogP contribution in [0.3, 0.4) is 0 Å². The lowest BCUT2D eigenvalue weighted by atomic mass is 10.1. The first kappa shape index (κ1) is 19.2. The number of carbonyl (C=O) groups excluding carboxylic acids is 1. The SMILES string of the molecule is Cc1ccccc1-n1nc(C)c(CN(C)C(=O)c2cnc(C(=O)O)cn2)c1C. The number of carboxylic acids is 1. The fourth-order valence-corrected chi connectivity index (χ4v) is 2.99. The molecule has 3 aromatic rings. The van der Waals surface area contributed by atoms with E-state index in [9.17, 15) is 9.59 Å². The number of hydrogen-bond acceptors (Lipinski definition) is 5. The van der Waals surface area contributed by atoms with Crippen molar-refractivity contribution < 1.29 is 14.7 Å². The molecule has 8 heteroatoms. The van der Waals surface area contributed by atoms with Crippen molar-refractivity contribution in [1.82, 2.24) is 24.6 Å². The molecule has 8 nitrogen and oxygen atoms in total. The van der Waals surface area contributed by atoms with Crippen LogP contribution in [0.4, 0.5) is 0 Å². The molecule has 2 aromatic heterocycles. The summed E-state index contributed by atoms with van der Waals surface area (Å²) in [4.78, 5) is 32.7. The first-order valence-electron chi connectivity index (χ1n) is 8.71. The molecule has 0 aliphatic carbocycles. The van der Waals surface area contributed by atoms with Crippen molar-refractivity contribution in [2.24, 2.45) is 0 Å². The Morgan fingerprint density at radius 2 is 1.71 bits per heavy atom. The molecule has 28 heavy (non-hydrogen) atoms. The monoisotopic (exact) mass is 379 g/mol. The van der Waals surface area contributed by atoms with Gasteiger partial charge in [0.25, 0.3) is 5.91 Å². The molecule has 2 heterocycles. The summed E-state index contributed by atoms with van der Waals surface area (Å²) in [6, 6.07) is 7.98. The van der Waals surface area contributed by atoms with Crippen molar-refractivity contribution in [2.75, 3.05) is 7.05 Å². The molecule has 0 saturated carbocycles. The maximum atomic E-state index is 12.6. The average Bonchev–Trinajstić information content (AvgIpc) is 2.96. The van der Waals surface area contributed by atoms with Crippen LogP contribution in [0.1, 0.15) is 43.5 Å². The minimum Gasteiger partial charge on any atom is -0.476 e. The zero-order valence-corrected chi connectivity index (χ0v) is 16.2. The number of aryl methyl sites for hydroxylation is 2. The summed E-state index contributed by atoms with van der Waals surface area (Å²) < 4.78 is 1.89. The normalized spacial score (nSPS) is 10.7. The first-order valence-corrected chi connectivity index (χ1v) is 8.71. The number of aromatic nitrogens is 4. The summed E-state index contributed by atoms with van der Waals surface area (Å²) in [5, 5.41) is 13.5. The summed E-state index contributed by atoms with van der Waals surface area (Å²) in [7, 11) is 1.67. The summed E-state index contributed by atoms with van der Waals surface area (Å²) in [6.45, 7) is 6.27. The van der Waals surface area contributed by atoms with Crippen LogP contribution in [0.25, 0.3) is 5.69 Å². The van der Waals surface area contributed by atoms with Gasteiger partial charge in [0.1, 0.15) is 5.69 Å². The maximum Gasteiger partial charge on any atom is 0.356 e. The first-order chi connectivity index (χ1) is 13.3. The van der Waals surface area contributed by atoms with Gasteiger partial charge in [0.15, 0.2) is 5.69 Å². The van der Waals surface area contributed by atoms with E-state index in [2.05, 4.69) is 15.1 Å². The van der Waals surface area contributed by atoms with E-state index in [1.807, 2.05) is 49.7 Å². The van der Waals surface area contributed by atoms with Gasteiger partial charge in [-0.3, -0.25) is 4.79 Å². The molecule has 144 valence electrons. The van der Waals surface area contributed by atoms with E-state index < -0.39 is 5.97 Å². The van der Waals surface area contributed by atoms with Gasteiger partial charge in [-0.05, 0) is 32.4 Å². The van der Waals surface area contributed by atoms with Crippen LogP contribution in [0, 0.1) is 20.8 Å². The van der Waals surface area contributed by atoms with Crippen molar-refractivity contribution >= 4 is 11.9 Å². The van der Waals surface area contributed by atoms with Crippen molar-refractivity contribution in [3.05, 3.63) is 70.6 Å². The third kappa shape index (κ3) is 3.62. The van der Waals surface area contributed by atoms with E-state index in [-0.39, 0.29) is 17.3 Å². The number of benzene rings is 1. The number of amides is 1. The number of carboxylic acid groups (broad SMARTS) is 1. The Balaban J connectivity index is 1.84. The smallest absolute Gasteiger partial charge is 0.356 e. The largest absolute Gasteiger partial charge is 0.476 e. The van der Waals surface area contributed by atoms with E-state index in [4.69, 9.17) is 5.11 Å². The van der Waals surface area contributed by atoms with Crippen LogP contribution < -0.4 is 0 Å². The van der Waals surface area contributed by atoms with Crippen LogP contribution >= 0.6 is 0 Å². The topological polar surface area (TPSA) is 101 Å². The molecular formula is C20H21N5O3. The van der Waals surface area contributed by atoms with Crippen molar-refractivity contribution in [2.45, 2.75) is 27.3 Å². The van der Waals surface area contributed by atoms with E-state index in [0.29, 0.717) is 6.54 Å². The molecule has 0 radical (unpaired) electrons. The number of nitrogens with zero attached hydrogens (tertiary/aromatic N) is 5. The van der Waals surface area contributed by atoms with Gasteiger partial charge >= 0.3 is 5.97 Å². The van der Waals surface area contributed by atoms with E-state index in [0.717, 1.165) is 34.4 Å². The summed E-state index contributed by atoms with van der Waals surface area (Å²) in [5.41, 5.74) is 4.75. The van der Waals surface area contributed by atoms with Crippen molar-refractivity contribution in [3.63, 3.8) is 0 Å². The molecule has 0 fully saturated rings. The van der Waals surface area contributed by atoms with Gasteiger partial charge in [-0.25, -0.2) is 19.4 Å². The predicted molar refractivity (Wildman–Crippen MR) is 103 cm³/mol.